The van der Waals surface area contributed by atoms with Gasteiger partial charge in [0.15, 0.2) is 0 Å². The van der Waals surface area contributed by atoms with Crippen LogP contribution >= 0.6 is 38.9 Å². The minimum atomic E-state index is 0.722. The Morgan fingerprint density at radius 1 is 0.864 bits per heavy atom. The molecule has 0 bridgehead atoms. The monoisotopic (exact) mass is 387 g/mol. The van der Waals surface area contributed by atoms with Crippen molar-refractivity contribution in [1.29, 1.82) is 0 Å². The van der Waals surface area contributed by atoms with Gasteiger partial charge in [-0.25, -0.2) is 0 Å². The summed E-state index contributed by atoms with van der Waals surface area (Å²) >= 11 is 11.7. The van der Waals surface area contributed by atoms with E-state index in [9.17, 15) is 0 Å². The molecule has 3 aromatic carbocycles. The fourth-order valence-corrected chi connectivity index (χ4v) is 4.65. The van der Waals surface area contributed by atoms with Crippen LogP contribution in [0, 0.1) is 0 Å². The summed E-state index contributed by atoms with van der Waals surface area (Å²) in [6.07, 6.45) is 0. The fraction of sp³-hybridized carbons (Fsp3) is 0. The number of anilines is 2. The molecule has 1 heterocycles. The number of hydrogen-bond donors (Lipinski definition) is 1. The van der Waals surface area contributed by atoms with E-state index in [1.165, 1.54) is 20.2 Å². The molecule has 1 nitrogen and oxygen atoms in total. The largest absolute Gasteiger partial charge is 0.353 e. The van der Waals surface area contributed by atoms with Crippen LogP contribution in [0.3, 0.4) is 0 Å². The molecular weight excluding hydrogens is 378 g/mol. The minimum absolute atomic E-state index is 0.722. The highest BCUT2D eigenvalue weighted by molar-refractivity contribution is 9.10. The Morgan fingerprint density at radius 3 is 2.50 bits per heavy atom. The quantitative estimate of drug-likeness (QED) is 0.382. The molecule has 0 atom stereocenters. The molecule has 0 spiro atoms. The number of benzene rings is 3. The van der Waals surface area contributed by atoms with Crippen molar-refractivity contribution in [3.05, 3.63) is 70.2 Å². The SMILES string of the molecule is Clc1ccccc1Nc1ccc(Br)c2c1sc1ccccc12. The molecule has 0 saturated heterocycles. The molecule has 0 aliphatic rings. The molecule has 4 heteroatoms. The summed E-state index contributed by atoms with van der Waals surface area (Å²) in [6, 6.07) is 20.4. The topological polar surface area (TPSA) is 12.0 Å². The highest BCUT2D eigenvalue weighted by Gasteiger charge is 2.12. The smallest absolute Gasteiger partial charge is 0.0640 e. The molecule has 0 unspecified atom stereocenters. The van der Waals surface area contributed by atoms with Crippen LogP contribution in [0.25, 0.3) is 20.2 Å². The van der Waals surface area contributed by atoms with Gasteiger partial charge in [-0.05, 0) is 30.3 Å². The first kappa shape index (κ1) is 14.1. The van der Waals surface area contributed by atoms with E-state index >= 15 is 0 Å². The Bertz CT molecular complexity index is 993. The zero-order valence-corrected chi connectivity index (χ0v) is 14.6. The van der Waals surface area contributed by atoms with Crippen LogP contribution in [0.1, 0.15) is 0 Å². The second kappa shape index (κ2) is 5.58. The molecular formula is C18H11BrClNS. The second-order valence-corrected chi connectivity index (χ2v) is 7.32. The van der Waals surface area contributed by atoms with Gasteiger partial charge in [-0.3, -0.25) is 0 Å². The normalized spacial score (nSPS) is 11.2. The summed E-state index contributed by atoms with van der Waals surface area (Å²) in [7, 11) is 0. The predicted molar refractivity (Wildman–Crippen MR) is 102 cm³/mol. The van der Waals surface area contributed by atoms with Crippen molar-refractivity contribution >= 4 is 70.4 Å². The minimum Gasteiger partial charge on any atom is -0.353 e. The first-order valence-corrected chi connectivity index (χ1v) is 8.84. The van der Waals surface area contributed by atoms with Crippen LogP contribution in [-0.4, -0.2) is 0 Å². The van der Waals surface area contributed by atoms with Crippen molar-refractivity contribution in [2.45, 2.75) is 0 Å². The number of nitrogens with one attached hydrogen (secondary N) is 1. The second-order valence-electron chi connectivity index (χ2n) is 5.00. The van der Waals surface area contributed by atoms with Crippen molar-refractivity contribution in [3.63, 3.8) is 0 Å². The van der Waals surface area contributed by atoms with Crippen LogP contribution in [0.2, 0.25) is 5.02 Å². The van der Waals surface area contributed by atoms with Gasteiger partial charge in [-0.15, -0.1) is 11.3 Å². The third-order valence-corrected chi connectivity index (χ3v) is 5.81. The van der Waals surface area contributed by atoms with E-state index in [-0.39, 0.29) is 0 Å². The van der Waals surface area contributed by atoms with Gasteiger partial charge in [0.25, 0.3) is 0 Å². The van der Waals surface area contributed by atoms with Crippen molar-refractivity contribution in [1.82, 2.24) is 0 Å². The molecule has 22 heavy (non-hydrogen) atoms. The molecule has 4 aromatic rings. The van der Waals surface area contributed by atoms with Crippen molar-refractivity contribution in [2.24, 2.45) is 0 Å². The molecule has 1 aromatic heterocycles. The summed E-state index contributed by atoms with van der Waals surface area (Å²) in [5, 5.41) is 6.71. The summed E-state index contributed by atoms with van der Waals surface area (Å²) in [5.41, 5.74) is 2.00. The number of para-hydroxylation sites is 1. The standard InChI is InChI=1S/C18H11BrClNS/c19-12-9-10-15(21-14-7-3-2-6-13(14)20)18-17(12)11-5-1-4-8-16(11)22-18/h1-10,21H. The van der Waals surface area contributed by atoms with Gasteiger partial charge in [0, 0.05) is 19.9 Å². The van der Waals surface area contributed by atoms with Crippen LogP contribution in [0.4, 0.5) is 11.4 Å². The molecule has 108 valence electrons. The molecule has 0 aliphatic carbocycles. The average Bonchev–Trinajstić information content (AvgIpc) is 2.92. The predicted octanol–water partition coefficient (Wildman–Crippen LogP) is 7.21. The zero-order valence-electron chi connectivity index (χ0n) is 11.4. The van der Waals surface area contributed by atoms with E-state index < -0.39 is 0 Å². The number of rotatable bonds is 2. The van der Waals surface area contributed by atoms with E-state index in [0.717, 1.165) is 20.9 Å². The van der Waals surface area contributed by atoms with Gasteiger partial charge in [-0.2, -0.15) is 0 Å². The molecule has 0 saturated carbocycles. The Kier molecular flexibility index (Phi) is 3.57. The van der Waals surface area contributed by atoms with Gasteiger partial charge in [0.1, 0.15) is 0 Å². The first-order valence-electron chi connectivity index (χ1n) is 6.85. The Morgan fingerprint density at radius 2 is 1.64 bits per heavy atom. The summed E-state index contributed by atoms with van der Waals surface area (Å²) in [6.45, 7) is 0. The molecule has 0 aliphatic heterocycles. The van der Waals surface area contributed by atoms with Crippen molar-refractivity contribution in [2.75, 3.05) is 5.32 Å². The summed E-state index contributed by atoms with van der Waals surface area (Å²) < 4.78 is 3.63. The highest BCUT2D eigenvalue weighted by atomic mass is 79.9. The number of thiophene rings is 1. The van der Waals surface area contributed by atoms with Crippen LogP contribution in [-0.2, 0) is 0 Å². The first-order chi connectivity index (χ1) is 10.7. The van der Waals surface area contributed by atoms with Gasteiger partial charge in [0.05, 0.1) is 21.1 Å². The van der Waals surface area contributed by atoms with Gasteiger partial charge >= 0.3 is 0 Å². The molecule has 1 N–H and O–H groups in total. The number of fused-ring (bicyclic) bond motifs is 3. The molecule has 0 fully saturated rings. The van der Waals surface area contributed by atoms with E-state index in [2.05, 4.69) is 57.6 Å². The Labute approximate surface area is 145 Å². The Hall–Kier alpha value is -1.55. The number of hydrogen-bond acceptors (Lipinski definition) is 2. The molecule has 0 amide bonds. The van der Waals surface area contributed by atoms with E-state index in [1.54, 1.807) is 11.3 Å². The average molecular weight is 389 g/mol. The van der Waals surface area contributed by atoms with Crippen molar-refractivity contribution < 1.29 is 0 Å². The summed E-state index contributed by atoms with van der Waals surface area (Å²) in [5.74, 6) is 0. The lowest BCUT2D eigenvalue weighted by Gasteiger charge is -2.10. The lowest BCUT2D eigenvalue weighted by Crippen LogP contribution is -1.91. The van der Waals surface area contributed by atoms with E-state index in [0.29, 0.717) is 0 Å². The summed E-state index contributed by atoms with van der Waals surface area (Å²) in [4.78, 5) is 0. The third-order valence-electron chi connectivity index (χ3n) is 3.62. The maximum absolute atomic E-state index is 6.27. The van der Waals surface area contributed by atoms with Crippen LogP contribution < -0.4 is 5.32 Å². The molecule has 0 radical (unpaired) electrons. The maximum atomic E-state index is 6.27. The zero-order chi connectivity index (χ0) is 15.1. The molecule has 4 rings (SSSR count). The maximum Gasteiger partial charge on any atom is 0.0640 e. The van der Waals surface area contributed by atoms with Crippen LogP contribution in [0.5, 0.6) is 0 Å². The highest BCUT2D eigenvalue weighted by Crippen LogP contribution is 2.43. The Balaban J connectivity index is 1.95. The third kappa shape index (κ3) is 2.30. The lowest BCUT2D eigenvalue weighted by molar-refractivity contribution is 1.58. The number of halogens is 2. The lowest BCUT2D eigenvalue weighted by atomic mass is 10.1. The van der Waals surface area contributed by atoms with E-state index in [1.807, 2.05) is 24.3 Å². The van der Waals surface area contributed by atoms with Crippen LogP contribution in [0.15, 0.2) is 65.1 Å². The van der Waals surface area contributed by atoms with Gasteiger partial charge in [0.2, 0.25) is 0 Å². The fourth-order valence-electron chi connectivity index (χ4n) is 2.59. The van der Waals surface area contributed by atoms with Gasteiger partial charge in [-0.1, -0.05) is 57.9 Å². The van der Waals surface area contributed by atoms with Gasteiger partial charge < -0.3 is 5.32 Å². The van der Waals surface area contributed by atoms with Crippen molar-refractivity contribution in [3.8, 4) is 0 Å². The van der Waals surface area contributed by atoms with E-state index in [4.69, 9.17) is 11.6 Å².